The van der Waals surface area contributed by atoms with Crippen molar-refractivity contribution in [2.75, 3.05) is 0 Å². The van der Waals surface area contributed by atoms with E-state index in [9.17, 15) is 0 Å². The Morgan fingerprint density at radius 3 is 0.824 bits per heavy atom. The average Bonchev–Trinajstić information content (AvgIpc) is 2.16. The Labute approximate surface area is 159 Å². The predicted molar refractivity (Wildman–Crippen MR) is 87.1 cm³/mol. The summed E-state index contributed by atoms with van der Waals surface area (Å²) in [5.74, 6) is 0. The molecule has 0 saturated heterocycles. The number of hydrogen-bond acceptors (Lipinski definition) is 2. The summed E-state index contributed by atoms with van der Waals surface area (Å²) in [5, 5.41) is 14.1. The van der Waals surface area contributed by atoms with Crippen LogP contribution in [0, 0.1) is 0 Å². The van der Waals surface area contributed by atoms with Crippen molar-refractivity contribution >= 4 is 86.2 Å². The molecule has 0 aromatic rings. The van der Waals surface area contributed by atoms with Crippen molar-refractivity contribution in [3.05, 3.63) is 0 Å². The van der Waals surface area contributed by atoms with Gasteiger partial charge in [0.1, 0.15) is 0 Å². The first kappa shape index (κ1) is 30.8. The number of rotatable bonds is 2. The molecule has 102 valence electrons. The van der Waals surface area contributed by atoms with Gasteiger partial charge in [-0.1, -0.05) is 53.4 Å². The van der Waals surface area contributed by atoms with E-state index >= 15 is 0 Å². The SMILES string of the molecule is CCCC.CCCC.NC(O)=S.NC(O)=S.[KH]. The minimum absolute atomic E-state index is 0. The van der Waals surface area contributed by atoms with Crippen LogP contribution in [-0.4, -0.2) is 71.9 Å². The van der Waals surface area contributed by atoms with Crippen LogP contribution in [0.2, 0.25) is 0 Å². The molecule has 0 unspecified atom stereocenters. The van der Waals surface area contributed by atoms with Crippen molar-refractivity contribution in [3.63, 3.8) is 0 Å². The zero-order chi connectivity index (χ0) is 14.0. The second kappa shape index (κ2) is 36.0. The molecule has 7 heteroatoms. The predicted octanol–water partition coefficient (Wildman–Crippen LogP) is 2.54. The van der Waals surface area contributed by atoms with Crippen LogP contribution in [0.3, 0.4) is 0 Å². The van der Waals surface area contributed by atoms with Crippen molar-refractivity contribution in [2.24, 2.45) is 11.5 Å². The normalized spacial score (nSPS) is 6.35. The molecule has 0 aliphatic carbocycles. The van der Waals surface area contributed by atoms with Gasteiger partial charge in [0, 0.05) is 0 Å². The van der Waals surface area contributed by atoms with Crippen LogP contribution in [0.15, 0.2) is 0 Å². The van der Waals surface area contributed by atoms with E-state index in [1.54, 1.807) is 0 Å². The molecule has 4 nitrogen and oxygen atoms in total. The van der Waals surface area contributed by atoms with Crippen LogP contribution in [0.25, 0.3) is 0 Å². The van der Waals surface area contributed by atoms with Crippen LogP contribution in [0.4, 0.5) is 0 Å². The van der Waals surface area contributed by atoms with Gasteiger partial charge in [0.2, 0.25) is 0 Å². The van der Waals surface area contributed by atoms with Crippen LogP contribution in [0.5, 0.6) is 0 Å². The number of hydrogen-bond donors (Lipinski definition) is 4. The molecule has 0 aromatic heterocycles. The first-order valence-corrected chi connectivity index (χ1v) is 6.08. The monoisotopic (exact) mass is 310 g/mol. The molecule has 0 aliphatic heterocycles. The summed E-state index contributed by atoms with van der Waals surface area (Å²) in [6.07, 6.45) is 5.28. The van der Waals surface area contributed by atoms with Crippen molar-refractivity contribution in [1.82, 2.24) is 0 Å². The third kappa shape index (κ3) is 422. The minimum atomic E-state index is -0.500. The molecule has 0 bridgehead atoms. The first-order chi connectivity index (χ1) is 7.29. The average molecular weight is 311 g/mol. The standard InChI is InChI=1S/2C4H10.2CH3NOS.K.H/c2*1-3-4-2;2*2-1(3)4;;/h2*3-4H2,1-2H3;2*(H3,2,3,4);;. The zero-order valence-corrected chi connectivity index (χ0v) is 12.3. The van der Waals surface area contributed by atoms with Gasteiger partial charge in [-0.15, -0.1) is 0 Å². The molecule has 17 heavy (non-hydrogen) atoms. The van der Waals surface area contributed by atoms with E-state index in [0.29, 0.717) is 0 Å². The van der Waals surface area contributed by atoms with Gasteiger partial charge in [-0.2, -0.15) is 0 Å². The maximum absolute atomic E-state index is 7.56. The van der Waals surface area contributed by atoms with Gasteiger partial charge in [0.25, 0.3) is 10.3 Å². The van der Waals surface area contributed by atoms with Crippen molar-refractivity contribution in [1.29, 1.82) is 0 Å². The fourth-order valence-electron chi connectivity index (χ4n) is 0. The summed E-state index contributed by atoms with van der Waals surface area (Å²) in [7, 11) is 0. The maximum atomic E-state index is 7.56. The fourth-order valence-corrected chi connectivity index (χ4v) is 0. The first-order valence-electron chi connectivity index (χ1n) is 5.26. The number of aliphatic hydroxyl groups excluding tert-OH is 2. The Hall–Kier alpha value is 1.02. The molecule has 0 fully saturated rings. The van der Waals surface area contributed by atoms with Gasteiger partial charge >= 0.3 is 51.4 Å². The third-order valence-corrected chi connectivity index (χ3v) is 1.000. The van der Waals surface area contributed by atoms with Crippen molar-refractivity contribution < 1.29 is 10.2 Å². The molecule has 0 radical (unpaired) electrons. The Bertz CT molecular complexity index is 122. The zero-order valence-electron chi connectivity index (χ0n) is 10.7. The molecule has 0 heterocycles. The van der Waals surface area contributed by atoms with E-state index in [4.69, 9.17) is 10.2 Å². The van der Waals surface area contributed by atoms with Gasteiger partial charge in [0.05, 0.1) is 0 Å². The van der Waals surface area contributed by atoms with Gasteiger partial charge < -0.3 is 21.7 Å². The molecule has 0 atom stereocenters. The van der Waals surface area contributed by atoms with E-state index < -0.39 is 10.3 Å². The topological polar surface area (TPSA) is 92.5 Å². The van der Waals surface area contributed by atoms with Crippen LogP contribution in [0.1, 0.15) is 53.4 Å². The Balaban J connectivity index is -0.0000000369. The number of thiocarbonyl (C=S) groups is 2. The molecule has 0 aromatic carbocycles. The van der Waals surface area contributed by atoms with Crippen molar-refractivity contribution in [3.8, 4) is 0 Å². The van der Waals surface area contributed by atoms with E-state index in [0.717, 1.165) is 0 Å². The Morgan fingerprint density at radius 1 is 0.765 bits per heavy atom. The van der Waals surface area contributed by atoms with E-state index in [2.05, 4.69) is 63.6 Å². The molecule has 0 amide bonds. The van der Waals surface area contributed by atoms with Gasteiger partial charge in [-0.25, -0.2) is 0 Å². The summed E-state index contributed by atoms with van der Waals surface area (Å²) in [4.78, 5) is 0. The van der Waals surface area contributed by atoms with Crippen LogP contribution >= 0.6 is 24.4 Å². The molecular formula is C10H27KN2O2S2. The number of nitrogens with two attached hydrogens (primary N) is 2. The Kier molecular flexibility index (Phi) is 65.1. The summed E-state index contributed by atoms with van der Waals surface area (Å²) in [5.41, 5.74) is 8.80. The van der Waals surface area contributed by atoms with Crippen molar-refractivity contribution in [2.45, 2.75) is 53.4 Å². The second-order valence-electron chi connectivity index (χ2n) is 2.68. The second-order valence-corrected chi connectivity index (χ2v) is 3.51. The van der Waals surface area contributed by atoms with Gasteiger partial charge in [-0.05, 0) is 24.4 Å². The number of aliphatic hydroxyl groups is 2. The van der Waals surface area contributed by atoms with Crippen LogP contribution < -0.4 is 11.5 Å². The quantitative estimate of drug-likeness (QED) is 0.463. The Morgan fingerprint density at radius 2 is 0.824 bits per heavy atom. The number of unbranched alkanes of at least 4 members (excludes halogenated alkanes) is 2. The molecule has 0 aliphatic rings. The van der Waals surface area contributed by atoms with E-state index in [1.807, 2.05) is 0 Å². The van der Waals surface area contributed by atoms with Gasteiger partial charge in [0.15, 0.2) is 0 Å². The van der Waals surface area contributed by atoms with E-state index in [-0.39, 0.29) is 51.4 Å². The fraction of sp³-hybridized carbons (Fsp3) is 0.800. The molecule has 0 saturated carbocycles. The summed E-state index contributed by atoms with van der Waals surface area (Å²) in [6.45, 7) is 8.72. The van der Waals surface area contributed by atoms with Gasteiger partial charge in [-0.3, -0.25) is 0 Å². The van der Waals surface area contributed by atoms with E-state index in [1.165, 1.54) is 25.7 Å². The summed E-state index contributed by atoms with van der Waals surface area (Å²) >= 11 is 7.74. The summed E-state index contributed by atoms with van der Waals surface area (Å²) < 4.78 is 0. The third-order valence-electron chi connectivity index (χ3n) is 1.000. The molecule has 6 N–H and O–H groups in total. The molecular weight excluding hydrogens is 283 g/mol. The van der Waals surface area contributed by atoms with Crippen LogP contribution in [-0.2, 0) is 0 Å². The summed E-state index contributed by atoms with van der Waals surface area (Å²) in [6, 6.07) is 0. The molecule has 0 rings (SSSR count). The molecule has 0 spiro atoms.